The molecule has 4 heteroatoms. The predicted octanol–water partition coefficient (Wildman–Crippen LogP) is 3.31. The molecular weight excluding hydrogens is 288 g/mol. The summed E-state index contributed by atoms with van der Waals surface area (Å²) >= 11 is 0. The lowest BCUT2D eigenvalue weighted by Crippen LogP contribution is -2.61. The third-order valence-electron chi connectivity index (χ3n) is 5.56. The van der Waals surface area contributed by atoms with E-state index in [1.165, 1.54) is 17.6 Å². The zero-order chi connectivity index (χ0) is 18.0. The third-order valence-corrected chi connectivity index (χ3v) is 5.56. The van der Waals surface area contributed by atoms with Gasteiger partial charge in [0.25, 0.3) is 0 Å². The van der Waals surface area contributed by atoms with Gasteiger partial charge in [-0.15, -0.1) is 0 Å². The molecule has 0 N–H and O–H groups in total. The minimum absolute atomic E-state index is 0.0654. The van der Waals surface area contributed by atoms with Crippen LogP contribution in [-0.2, 0) is 9.53 Å². The zero-order valence-electron chi connectivity index (χ0n) is 16.4. The van der Waals surface area contributed by atoms with Crippen LogP contribution in [0.1, 0.15) is 40.5 Å². The molecule has 1 aliphatic carbocycles. The zero-order valence-corrected chi connectivity index (χ0v) is 16.4. The van der Waals surface area contributed by atoms with Crippen molar-refractivity contribution in [2.45, 2.75) is 46.4 Å². The van der Waals surface area contributed by atoms with Crippen molar-refractivity contribution in [3.8, 4) is 0 Å². The van der Waals surface area contributed by atoms with E-state index in [2.05, 4.69) is 27.7 Å². The van der Waals surface area contributed by atoms with Gasteiger partial charge >= 0.3 is 0 Å². The van der Waals surface area contributed by atoms with Crippen LogP contribution in [0.3, 0.4) is 0 Å². The lowest BCUT2D eigenvalue weighted by Gasteiger charge is -2.41. The van der Waals surface area contributed by atoms with Crippen LogP contribution >= 0.6 is 0 Å². The Morgan fingerprint density at radius 2 is 1.78 bits per heavy atom. The molecule has 0 aromatic rings. The fourth-order valence-electron chi connectivity index (χ4n) is 3.68. The van der Waals surface area contributed by atoms with Crippen molar-refractivity contribution in [2.24, 2.45) is 11.3 Å². The standard InChI is InChI=1S/C19H34N2O2/c1-14-10-11-15(2)18(3,4)16(14)12-13-17(22)19(23-9,20(5)6)21(7)8/h12-13,15H,10-11H2,1-9H3/b13-12+/t15-/m1/s1. The fourth-order valence-corrected chi connectivity index (χ4v) is 3.68. The first kappa shape index (κ1) is 20.1. The highest BCUT2D eigenvalue weighted by molar-refractivity contribution is 5.96. The van der Waals surface area contributed by atoms with E-state index in [0.29, 0.717) is 5.92 Å². The molecule has 0 unspecified atom stereocenters. The number of allylic oxidation sites excluding steroid dienone is 3. The minimum atomic E-state index is -1.07. The van der Waals surface area contributed by atoms with Gasteiger partial charge in [0.1, 0.15) is 0 Å². The Labute approximate surface area is 142 Å². The molecule has 0 fully saturated rings. The van der Waals surface area contributed by atoms with Crippen LogP contribution in [0.15, 0.2) is 23.3 Å². The van der Waals surface area contributed by atoms with Crippen molar-refractivity contribution in [1.29, 1.82) is 0 Å². The smallest absolute Gasteiger partial charge is 0.244 e. The van der Waals surface area contributed by atoms with E-state index in [9.17, 15) is 4.79 Å². The molecule has 0 bridgehead atoms. The molecule has 0 aromatic carbocycles. The van der Waals surface area contributed by atoms with Gasteiger partial charge in [-0.2, -0.15) is 0 Å². The molecule has 0 spiro atoms. The van der Waals surface area contributed by atoms with E-state index in [1.807, 2.05) is 34.3 Å². The van der Waals surface area contributed by atoms with Gasteiger partial charge in [-0.25, -0.2) is 0 Å². The summed E-state index contributed by atoms with van der Waals surface area (Å²) in [5, 5.41) is 0. The molecule has 0 heterocycles. The monoisotopic (exact) mass is 322 g/mol. The van der Waals surface area contributed by atoms with Crippen molar-refractivity contribution in [3.63, 3.8) is 0 Å². The van der Waals surface area contributed by atoms with Crippen molar-refractivity contribution < 1.29 is 9.53 Å². The number of rotatable bonds is 6. The molecule has 0 radical (unpaired) electrons. The van der Waals surface area contributed by atoms with Crippen LogP contribution in [0.4, 0.5) is 0 Å². The quantitative estimate of drug-likeness (QED) is 0.555. The second kappa shape index (κ2) is 7.29. The number of likely N-dealkylation sites (N-methyl/N-ethyl adjacent to an activating group) is 2. The lowest BCUT2D eigenvalue weighted by atomic mass is 9.66. The molecule has 1 aliphatic rings. The first-order chi connectivity index (χ1) is 10.5. The van der Waals surface area contributed by atoms with Gasteiger partial charge in [0, 0.05) is 7.11 Å². The average molecular weight is 322 g/mol. The van der Waals surface area contributed by atoms with Crippen LogP contribution in [0.2, 0.25) is 0 Å². The topological polar surface area (TPSA) is 32.8 Å². The summed E-state index contributed by atoms with van der Waals surface area (Å²) in [6.07, 6.45) is 6.01. The normalized spacial score (nSPS) is 22.5. The molecule has 0 amide bonds. The number of hydrogen-bond acceptors (Lipinski definition) is 4. The first-order valence-corrected chi connectivity index (χ1v) is 8.34. The Balaban J connectivity index is 3.19. The molecule has 0 saturated heterocycles. The predicted molar refractivity (Wildman–Crippen MR) is 96.1 cm³/mol. The van der Waals surface area contributed by atoms with Crippen molar-refractivity contribution in [1.82, 2.24) is 9.80 Å². The van der Waals surface area contributed by atoms with Gasteiger partial charge in [-0.1, -0.05) is 32.4 Å². The number of carbonyl (C=O) groups excluding carboxylic acids is 1. The van der Waals surface area contributed by atoms with Crippen molar-refractivity contribution in [2.75, 3.05) is 35.3 Å². The number of nitrogens with zero attached hydrogens (tertiary/aromatic N) is 2. The van der Waals surface area contributed by atoms with Crippen LogP contribution in [-0.4, -0.2) is 56.7 Å². The summed E-state index contributed by atoms with van der Waals surface area (Å²) in [7, 11) is 8.99. The van der Waals surface area contributed by atoms with E-state index in [4.69, 9.17) is 4.74 Å². The largest absolute Gasteiger partial charge is 0.344 e. The second-order valence-corrected chi connectivity index (χ2v) is 7.65. The first-order valence-electron chi connectivity index (χ1n) is 8.34. The van der Waals surface area contributed by atoms with Crippen LogP contribution in [0.5, 0.6) is 0 Å². The molecular formula is C19H34N2O2. The van der Waals surface area contributed by atoms with Gasteiger partial charge < -0.3 is 4.74 Å². The van der Waals surface area contributed by atoms with Gasteiger partial charge in [0.05, 0.1) is 0 Å². The second-order valence-electron chi connectivity index (χ2n) is 7.65. The Hall–Kier alpha value is -0.970. The number of ketones is 1. The molecule has 23 heavy (non-hydrogen) atoms. The van der Waals surface area contributed by atoms with E-state index in [0.717, 1.165) is 6.42 Å². The summed E-state index contributed by atoms with van der Waals surface area (Å²) in [6, 6.07) is 0. The molecule has 4 nitrogen and oxygen atoms in total. The molecule has 0 saturated carbocycles. The summed E-state index contributed by atoms with van der Waals surface area (Å²) in [5.74, 6) is -0.532. The molecule has 0 aromatic heterocycles. The van der Waals surface area contributed by atoms with E-state index < -0.39 is 5.85 Å². The van der Waals surface area contributed by atoms with Crippen LogP contribution < -0.4 is 0 Å². The lowest BCUT2D eigenvalue weighted by molar-refractivity contribution is -0.200. The number of carbonyl (C=O) groups is 1. The van der Waals surface area contributed by atoms with Crippen molar-refractivity contribution in [3.05, 3.63) is 23.3 Å². The highest BCUT2D eigenvalue weighted by atomic mass is 16.5. The van der Waals surface area contributed by atoms with E-state index >= 15 is 0 Å². The number of ether oxygens (including phenoxy) is 1. The summed E-state index contributed by atoms with van der Waals surface area (Å²) in [4.78, 5) is 16.5. The Morgan fingerprint density at radius 3 is 2.22 bits per heavy atom. The van der Waals surface area contributed by atoms with Gasteiger partial charge in [0.15, 0.2) is 0 Å². The Morgan fingerprint density at radius 1 is 1.26 bits per heavy atom. The summed E-state index contributed by atoms with van der Waals surface area (Å²) in [6.45, 7) is 9.01. The van der Waals surface area contributed by atoms with Gasteiger partial charge in [0.2, 0.25) is 11.6 Å². The van der Waals surface area contributed by atoms with E-state index in [1.54, 1.807) is 23.0 Å². The van der Waals surface area contributed by atoms with Crippen LogP contribution in [0.25, 0.3) is 0 Å². The minimum Gasteiger partial charge on any atom is -0.344 e. The SMILES string of the molecule is COC(C(=O)/C=C/C1=C(C)CC[C@@H](C)C1(C)C)(N(C)C)N(C)C. The maximum Gasteiger partial charge on any atom is 0.244 e. The molecule has 1 rings (SSSR count). The number of methoxy groups -OCH3 is 1. The molecule has 0 aliphatic heterocycles. The highest BCUT2D eigenvalue weighted by Crippen LogP contribution is 2.44. The van der Waals surface area contributed by atoms with Gasteiger partial charge in [-0.3, -0.25) is 14.6 Å². The number of hydrogen-bond donors (Lipinski definition) is 0. The highest BCUT2D eigenvalue weighted by Gasteiger charge is 2.42. The van der Waals surface area contributed by atoms with Crippen molar-refractivity contribution >= 4 is 5.78 Å². The molecule has 132 valence electrons. The third kappa shape index (κ3) is 3.59. The van der Waals surface area contributed by atoms with E-state index in [-0.39, 0.29) is 11.2 Å². The Bertz CT molecular complexity index is 493. The van der Waals surface area contributed by atoms with Gasteiger partial charge in [-0.05, 0) is 70.9 Å². The summed E-state index contributed by atoms with van der Waals surface area (Å²) in [5.41, 5.74) is 2.76. The summed E-state index contributed by atoms with van der Waals surface area (Å²) < 4.78 is 5.60. The fraction of sp³-hybridized carbons (Fsp3) is 0.737. The Kier molecular flexibility index (Phi) is 6.36. The van der Waals surface area contributed by atoms with Crippen LogP contribution in [0, 0.1) is 11.3 Å². The maximum absolute atomic E-state index is 12.9. The molecule has 1 atom stereocenters. The average Bonchev–Trinajstić information content (AvgIpc) is 2.43. The maximum atomic E-state index is 12.9.